The molecule has 3 N–H and O–H groups in total. The number of hydrogen-bond donors (Lipinski definition) is 2. The van der Waals surface area contributed by atoms with E-state index in [9.17, 15) is 9.00 Å². The third-order valence-corrected chi connectivity index (χ3v) is 4.44. The predicted molar refractivity (Wildman–Crippen MR) is 81.8 cm³/mol. The number of carbonyl (C=O) groups is 1. The highest BCUT2D eigenvalue weighted by molar-refractivity contribution is 7.86. The minimum absolute atomic E-state index is 0.281. The van der Waals surface area contributed by atoms with Crippen LogP contribution in [0.2, 0.25) is 0 Å². The molecule has 0 aliphatic carbocycles. The number of nitrogen functional groups attached to an aromatic ring is 1. The molecule has 0 radical (unpaired) electrons. The van der Waals surface area contributed by atoms with Gasteiger partial charge in [0.2, 0.25) is 5.91 Å². The number of benzene rings is 2. The summed E-state index contributed by atoms with van der Waals surface area (Å²) in [6.07, 6.45) is 0. The van der Waals surface area contributed by atoms with Gasteiger partial charge in [0.05, 0.1) is 10.8 Å². The second-order valence-electron chi connectivity index (χ2n) is 4.36. The molecule has 2 atom stereocenters. The summed E-state index contributed by atoms with van der Waals surface area (Å²) in [7, 11) is -1.37. The van der Waals surface area contributed by atoms with Gasteiger partial charge in [-0.1, -0.05) is 18.2 Å². The van der Waals surface area contributed by atoms with Crippen molar-refractivity contribution in [3.05, 3.63) is 54.6 Å². The lowest BCUT2D eigenvalue weighted by molar-refractivity contribution is -0.115. The third kappa shape index (κ3) is 3.45. The van der Waals surface area contributed by atoms with Crippen LogP contribution in [-0.2, 0) is 15.6 Å². The van der Waals surface area contributed by atoms with Crippen molar-refractivity contribution in [2.45, 2.75) is 17.1 Å². The number of carbonyl (C=O) groups excluding carboxylic acids is 1. The minimum Gasteiger partial charge on any atom is -0.399 e. The second-order valence-corrected chi connectivity index (χ2v) is 6.14. The van der Waals surface area contributed by atoms with Gasteiger partial charge in [-0.2, -0.15) is 0 Å². The molecule has 0 aliphatic rings. The molecular weight excluding hydrogens is 272 g/mol. The lowest BCUT2D eigenvalue weighted by atomic mass is 10.3. The minimum atomic E-state index is -1.37. The van der Waals surface area contributed by atoms with Crippen molar-refractivity contribution in [2.75, 3.05) is 11.1 Å². The molecule has 2 unspecified atom stereocenters. The van der Waals surface area contributed by atoms with E-state index in [2.05, 4.69) is 5.32 Å². The lowest BCUT2D eigenvalue weighted by Crippen LogP contribution is -2.29. The van der Waals surface area contributed by atoms with Gasteiger partial charge < -0.3 is 11.1 Å². The molecule has 0 aromatic heterocycles. The molecule has 0 heterocycles. The lowest BCUT2D eigenvalue weighted by Gasteiger charge is -2.12. The molecule has 0 spiro atoms. The number of nitrogens with one attached hydrogen (secondary N) is 1. The first-order valence-corrected chi connectivity index (χ1v) is 7.41. The van der Waals surface area contributed by atoms with Gasteiger partial charge >= 0.3 is 0 Å². The van der Waals surface area contributed by atoms with Crippen molar-refractivity contribution in [3.8, 4) is 0 Å². The zero-order valence-electron chi connectivity index (χ0n) is 11.1. The molecule has 2 aromatic rings. The van der Waals surface area contributed by atoms with E-state index in [4.69, 9.17) is 5.73 Å². The topological polar surface area (TPSA) is 72.2 Å². The zero-order chi connectivity index (χ0) is 14.5. The summed E-state index contributed by atoms with van der Waals surface area (Å²) in [5, 5.41) is 2.10. The zero-order valence-corrected chi connectivity index (χ0v) is 11.9. The molecule has 0 bridgehead atoms. The van der Waals surface area contributed by atoms with Crippen molar-refractivity contribution in [3.63, 3.8) is 0 Å². The van der Waals surface area contributed by atoms with Crippen LogP contribution in [0.5, 0.6) is 0 Å². The van der Waals surface area contributed by atoms with Crippen LogP contribution in [0.3, 0.4) is 0 Å². The van der Waals surface area contributed by atoms with Crippen molar-refractivity contribution in [2.24, 2.45) is 0 Å². The molecule has 2 rings (SSSR count). The first kappa shape index (κ1) is 14.3. The molecule has 4 nitrogen and oxygen atoms in total. The Bertz CT molecular complexity index is 612. The highest BCUT2D eigenvalue weighted by atomic mass is 32.2. The van der Waals surface area contributed by atoms with E-state index in [1.165, 1.54) is 0 Å². The molecule has 2 aromatic carbocycles. The quantitative estimate of drug-likeness (QED) is 0.849. The van der Waals surface area contributed by atoms with E-state index < -0.39 is 16.0 Å². The van der Waals surface area contributed by atoms with Crippen molar-refractivity contribution < 1.29 is 9.00 Å². The van der Waals surface area contributed by atoms with Crippen LogP contribution in [0.15, 0.2) is 59.5 Å². The number of hydrogen-bond acceptors (Lipinski definition) is 3. The molecular formula is C15H16N2O2S. The van der Waals surface area contributed by atoms with E-state index in [1.54, 1.807) is 55.5 Å². The average Bonchev–Trinajstić information content (AvgIpc) is 2.49. The van der Waals surface area contributed by atoms with Crippen LogP contribution >= 0.6 is 0 Å². The summed E-state index contributed by atoms with van der Waals surface area (Å²) in [6, 6.07) is 15.8. The van der Waals surface area contributed by atoms with Gasteiger partial charge in [-0.05, 0) is 43.3 Å². The number of anilines is 2. The molecule has 0 aliphatic heterocycles. The molecule has 5 heteroatoms. The Hall–Kier alpha value is -2.14. The Morgan fingerprint density at radius 1 is 1.10 bits per heavy atom. The molecule has 104 valence electrons. The van der Waals surface area contributed by atoms with E-state index in [0.717, 1.165) is 0 Å². The van der Waals surface area contributed by atoms with Crippen LogP contribution in [0.4, 0.5) is 11.4 Å². The van der Waals surface area contributed by atoms with Crippen LogP contribution < -0.4 is 11.1 Å². The monoisotopic (exact) mass is 288 g/mol. The molecule has 20 heavy (non-hydrogen) atoms. The number of rotatable bonds is 4. The smallest absolute Gasteiger partial charge is 0.240 e. The van der Waals surface area contributed by atoms with Crippen LogP contribution in [-0.4, -0.2) is 15.4 Å². The van der Waals surface area contributed by atoms with Gasteiger partial charge in [-0.3, -0.25) is 9.00 Å². The fourth-order valence-corrected chi connectivity index (χ4v) is 2.75. The van der Waals surface area contributed by atoms with E-state index in [1.807, 2.05) is 6.07 Å². The van der Waals surface area contributed by atoms with Gasteiger partial charge in [0.1, 0.15) is 5.25 Å². The van der Waals surface area contributed by atoms with E-state index >= 15 is 0 Å². The maximum Gasteiger partial charge on any atom is 0.240 e. The van der Waals surface area contributed by atoms with Crippen molar-refractivity contribution in [1.82, 2.24) is 0 Å². The Balaban J connectivity index is 2.05. The summed E-state index contributed by atoms with van der Waals surface area (Å²) in [4.78, 5) is 12.7. The fraction of sp³-hybridized carbons (Fsp3) is 0.133. The number of amides is 1. The summed E-state index contributed by atoms with van der Waals surface area (Å²) < 4.78 is 12.3. The number of nitrogens with two attached hydrogens (primary N) is 1. The SMILES string of the molecule is CC(C(=O)Nc1ccc(N)cc1)S(=O)c1ccccc1. The molecule has 1 amide bonds. The summed E-state index contributed by atoms with van der Waals surface area (Å²) in [5.41, 5.74) is 6.85. The predicted octanol–water partition coefficient (Wildman–Crippen LogP) is 2.40. The molecule has 0 saturated carbocycles. The maximum atomic E-state index is 12.3. The highest BCUT2D eigenvalue weighted by Crippen LogP contribution is 2.14. The highest BCUT2D eigenvalue weighted by Gasteiger charge is 2.21. The Morgan fingerprint density at radius 3 is 2.30 bits per heavy atom. The fourth-order valence-electron chi connectivity index (χ4n) is 1.67. The molecule has 0 fully saturated rings. The van der Waals surface area contributed by atoms with Gasteiger partial charge in [0.15, 0.2) is 0 Å². The maximum absolute atomic E-state index is 12.3. The standard InChI is InChI=1S/C15H16N2O2S/c1-11(20(19)14-5-3-2-4-6-14)15(18)17-13-9-7-12(16)8-10-13/h2-11H,16H2,1H3,(H,17,18). The summed E-state index contributed by atoms with van der Waals surface area (Å²) in [6.45, 7) is 1.65. The summed E-state index contributed by atoms with van der Waals surface area (Å²) in [5.74, 6) is -0.281. The van der Waals surface area contributed by atoms with Crippen molar-refractivity contribution in [1.29, 1.82) is 0 Å². The second kappa shape index (κ2) is 6.34. The third-order valence-electron chi connectivity index (χ3n) is 2.84. The van der Waals surface area contributed by atoms with Crippen LogP contribution in [0.1, 0.15) is 6.92 Å². The van der Waals surface area contributed by atoms with Gasteiger partial charge in [0, 0.05) is 16.3 Å². The van der Waals surface area contributed by atoms with Gasteiger partial charge in [-0.15, -0.1) is 0 Å². The van der Waals surface area contributed by atoms with Crippen molar-refractivity contribution >= 4 is 28.1 Å². The Labute approximate surface area is 120 Å². The van der Waals surface area contributed by atoms with Gasteiger partial charge in [-0.25, -0.2) is 0 Å². The first-order valence-electron chi connectivity index (χ1n) is 6.20. The Kier molecular flexibility index (Phi) is 4.53. The van der Waals surface area contributed by atoms with E-state index in [-0.39, 0.29) is 5.91 Å². The van der Waals surface area contributed by atoms with E-state index in [0.29, 0.717) is 16.3 Å². The van der Waals surface area contributed by atoms with Gasteiger partial charge in [0.25, 0.3) is 0 Å². The summed E-state index contributed by atoms with van der Waals surface area (Å²) >= 11 is 0. The molecule has 0 saturated heterocycles. The Morgan fingerprint density at radius 2 is 1.70 bits per heavy atom. The first-order chi connectivity index (χ1) is 9.58. The van der Waals surface area contributed by atoms with Crippen LogP contribution in [0, 0.1) is 0 Å². The normalized spacial score (nSPS) is 13.4. The largest absolute Gasteiger partial charge is 0.399 e. The van der Waals surface area contributed by atoms with Crippen LogP contribution in [0.25, 0.3) is 0 Å². The average molecular weight is 288 g/mol.